The molecule has 0 saturated carbocycles. The minimum absolute atomic E-state index is 0.0211. The molecular formula is C42H55N5O6Si2. The predicted molar refractivity (Wildman–Crippen MR) is 223 cm³/mol. The maximum absolute atomic E-state index is 11.6. The van der Waals surface area contributed by atoms with Crippen molar-refractivity contribution in [2.24, 2.45) is 0 Å². The first-order valence-corrected chi connectivity index (χ1v) is 25.2. The topological polar surface area (TPSA) is 144 Å². The highest BCUT2D eigenvalue weighted by atomic mass is 28.4. The molecular weight excluding hydrogens is 727 g/mol. The lowest BCUT2D eigenvalue weighted by molar-refractivity contribution is -0.0766. The summed E-state index contributed by atoms with van der Waals surface area (Å²) in [5, 5.41) is 44.0. The first-order valence-electron chi connectivity index (χ1n) is 19.4. The van der Waals surface area contributed by atoms with Gasteiger partial charge in [-0.1, -0.05) is 84.0 Å². The predicted octanol–water partition coefficient (Wildman–Crippen LogP) is 8.35. The molecule has 3 heterocycles. The van der Waals surface area contributed by atoms with Gasteiger partial charge in [0.15, 0.2) is 33.6 Å². The molecule has 0 amide bonds. The molecule has 11 nitrogen and oxygen atoms in total. The van der Waals surface area contributed by atoms with Crippen molar-refractivity contribution in [2.45, 2.75) is 127 Å². The number of nitrogens with zero attached hydrogens (tertiary/aromatic N) is 4. The Morgan fingerprint density at radius 3 is 2.20 bits per heavy atom. The van der Waals surface area contributed by atoms with E-state index in [0.29, 0.717) is 35.6 Å². The van der Waals surface area contributed by atoms with Gasteiger partial charge in [-0.05, 0) is 85.8 Å². The van der Waals surface area contributed by atoms with Gasteiger partial charge in [0.05, 0.1) is 25.1 Å². The summed E-state index contributed by atoms with van der Waals surface area (Å²) < 4.78 is 22.5. The zero-order valence-electron chi connectivity index (χ0n) is 33.6. The summed E-state index contributed by atoms with van der Waals surface area (Å²) in [4.78, 5) is 14.1. The third-order valence-corrected chi connectivity index (χ3v) is 22.2. The van der Waals surface area contributed by atoms with Crippen LogP contribution in [0.3, 0.4) is 0 Å². The standard InChI is InChI=1S/C42H55N5O6Si2/c1-41(2,3)54(7,8)51-20-29-28(53-55(9,10)42(4,5)6)19-30(52-29)47-22-45-35-39(43-21-44-40(35)47)46-34-33-26-17-16-24-13-11-12-23-14-15-25(32(26)31(23)24)18-27(33)36(48)38(50)37(34)49/h11-18,21-22,28-30,34,36-38,48-50H,19-20H2,1-10H3,(H,43,44,46)/t28-,29+,30+,34+,36-,37-,38+/m0/s1. The number of nitrogens with one attached hydrogen (secondary N) is 1. The van der Waals surface area contributed by atoms with Crippen LogP contribution in [-0.2, 0) is 13.6 Å². The van der Waals surface area contributed by atoms with Gasteiger partial charge in [0.2, 0.25) is 0 Å². The van der Waals surface area contributed by atoms with Gasteiger partial charge in [0.25, 0.3) is 0 Å². The van der Waals surface area contributed by atoms with Gasteiger partial charge in [-0.2, -0.15) is 0 Å². The van der Waals surface area contributed by atoms with Gasteiger partial charge >= 0.3 is 0 Å². The van der Waals surface area contributed by atoms with Gasteiger partial charge in [-0.25, -0.2) is 15.0 Å². The first-order chi connectivity index (χ1) is 25.8. The normalized spacial score (nSPS) is 25.4. The van der Waals surface area contributed by atoms with Crippen LogP contribution in [0.1, 0.15) is 77.5 Å². The number of imidazole rings is 1. The van der Waals surface area contributed by atoms with Crippen LogP contribution in [0.15, 0.2) is 61.2 Å². The van der Waals surface area contributed by atoms with Crippen molar-refractivity contribution in [1.82, 2.24) is 19.5 Å². The van der Waals surface area contributed by atoms with E-state index in [9.17, 15) is 15.3 Å². The monoisotopic (exact) mass is 781 g/mol. The highest BCUT2D eigenvalue weighted by Gasteiger charge is 2.47. The van der Waals surface area contributed by atoms with Crippen molar-refractivity contribution in [3.8, 4) is 0 Å². The summed E-state index contributed by atoms with van der Waals surface area (Å²) in [7, 11) is -4.22. The third kappa shape index (κ3) is 6.36. The van der Waals surface area contributed by atoms with Crippen molar-refractivity contribution in [3.05, 3.63) is 72.3 Å². The van der Waals surface area contributed by atoms with E-state index in [1.807, 2.05) is 22.8 Å². The number of anilines is 1. The molecule has 1 aliphatic heterocycles. The molecule has 292 valence electrons. The Labute approximate surface area is 324 Å². The maximum atomic E-state index is 11.6. The van der Waals surface area contributed by atoms with E-state index in [-0.39, 0.29) is 22.3 Å². The Kier molecular flexibility index (Phi) is 9.25. The van der Waals surface area contributed by atoms with Crippen LogP contribution in [0.25, 0.3) is 43.5 Å². The number of aliphatic hydroxyl groups excluding tert-OH is 3. The number of aromatic nitrogens is 4. The summed E-state index contributed by atoms with van der Waals surface area (Å²) in [5.74, 6) is 0.401. The van der Waals surface area contributed by atoms with Crippen LogP contribution in [0.2, 0.25) is 36.3 Å². The van der Waals surface area contributed by atoms with Gasteiger partial charge in [-0.15, -0.1) is 0 Å². The molecule has 4 aromatic carbocycles. The fourth-order valence-corrected chi connectivity index (χ4v) is 10.2. The summed E-state index contributed by atoms with van der Waals surface area (Å²) >= 11 is 0. The Morgan fingerprint density at radius 1 is 0.836 bits per heavy atom. The van der Waals surface area contributed by atoms with E-state index in [1.165, 1.54) is 6.33 Å². The summed E-state index contributed by atoms with van der Waals surface area (Å²) in [6, 6.07) is 15.6. The molecule has 0 radical (unpaired) electrons. The second-order valence-electron chi connectivity index (χ2n) is 18.7. The van der Waals surface area contributed by atoms with Gasteiger partial charge in [-0.3, -0.25) is 4.57 Å². The van der Waals surface area contributed by atoms with Crippen molar-refractivity contribution >= 4 is 65.9 Å². The Bertz CT molecular complexity index is 2370. The fourth-order valence-electron chi connectivity index (χ4n) is 7.87. The van der Waals surface area contributed by atoms with Crippen LogP contribution >= 0.6 is 0 Å². The maximum Gasteiger partial charge on any atom is 0.192 e. The summed E-state index contributed by atoms with van der Waals surface area (Å²) in [5.41, 5.74) is 2.36. The zero-order valence-corrected chi connectivity index (χ0v) is 35.6. The van der Waals surface area contributed by atoms with E-state index < -0.39 is 47.2 Å². The molecule has 1 aliphatic carbocycles. The van der Waals surface area contributed by atoms with Crippen molar-refractivity contribution in [1.29, 1.82) is 0 Å². The molecule has 13 heteroatoms. The van der Waals surface area contributed by atoms with E-state index >= 15 is 0 Å². The molecule has 2 aliphatic rings. The number of hydrogen-bond acceptors (Lipinski definition) is 10. The molecule has 0 unspecified atom stereocenters. The smallest absolute Gasteiger partial charge is 0.192 e. The Balaban J connectivity index is 1.15. The van der Waals surface area contributed by atoms with Gasteiger partial charge in [0, 0.05) is 6.42 Å². The molecule has 1 fully saturated rings. The van der Waals surface area contributed by atoms with Crippen LogP contribution < -0.4 is 5.32 Å². The van der Waals surface area contributed by atoms with Gasteiger partial charge < -0.3 is 34.2 Å². The third-order valence-electron chi connectivity index (χ3n) is 13.2. The first kappa shape index (κ1) is 38.3. The van der Waals surface area contributed by atoms with Crippen molar-refractivity contribution in [2.75, 3.05) is 11.9 Å². The SMILES string of the molecule is CC(C)(C)[Si](C)(C)OC[C@H]1O[C@@H](n2cnc3c(N[C@@H]4c5c(cc6ccc7cccc8ccc5c6c78)[C@H](O)[C@@H](O)[C@H]4O)ncnc32)C[C@@H]1O[Si](C)(C)C(C)(C)C. The fraction of sp³-hybridized carbons (Fsp3) is 0.500. The molecule has 1 saturated heterocycles. The molecule has 0 spiro atoms. The lowest BCUT2D eigenvalue weighted by Crippen LogP contribution is -2.48. The van der Waals surface area contributed by atoms with E-state index in [2.05, 4.69) is 113 Å². The molecule has 55 heavy (non-hydrogen) atoms. The lowest BCUT2D eigenvalue weighted by Gasteiger charge is -2.40. The van der Waals surface area contributed by atoms with Crippen LogP contribution in [-0.4, -0.2) is 82.5 Å². The Hall–Kier alpha value is -3.54. The quantitative estimate of drug-likeness (QED) is 0.0879. The lowest BCUT2D eigenvalue weighted by atomic mass is 9.77. The van der Waals surface area contributed by atoms with E-state index in [0.717, 1.165) is 37.9 Å². The highest BCUT2D eigenvalue weighted by Crippen LogP contribution is 2.47. The minimum atomic E-state index is -2.16. The Morgan fingerprint density at radius 2 is 1.51 bits per heavy atom. The molecule has 6 aromatic rings. The zero-order chi connectivity index (χ0) is 39.4. The van der Waals surface area contributed by atoms with Crippen LogP contribution in [0, 0.1) is 0 Å². The average Bonchev–Trinajstić information content (AvgIpc) is 3.73. The van der Waals surface area contributed by atoms with Crippen molar-refractivity contribution in [3.63, 3.8) is 0 Å². The van der Waals surface area contributed by atoms with E-state index in [1.54, 1.807) is 6.33 Å². The molecule has 7 atom stereocenters. The van der Waals surface area contributed by atoms with E-state index in [4.69, 9.17) is 18.6 Å². The molecule has 8 rings (SSSR count). The van der Waals surface area contributed by atoms with Crippen molar-refractivity contribution < 1.29 is 28.9 Å². The number of hydrogen-bond donors (Lipinski definition) is 4. The minimum Gasteiger partial charge on any atom is -0.414 e. The average molecular weight is 782 g/mol. The van der Waals surface area contributed by atoms with Gasteiger partial charge in [0.1, 0.15) is 37.0 Å². The number of aliphatic hydroxyl groups is 3. The second-order valence-corrected chi connectivity index (χ2v) is 28.2. The number of ether oxygens (including phenoxy) is 1. The largest absolute Gasteiger partial charge is 0.414 e. The summed E-state index contributed by atoms with van der Waals surface area (Å²) in [6.45, 7) is 23.0. The van der Waals surface area contributed by atoms with Crippen LogP contribution in [0.5, 0.6) is 0 Å². The second kappa shape index (κ2) is 13.3. The van der Waals surface area contributed by atoms with Crippen LogP contribution in [0.4, 0.5) is 5.82 Å². The molecule has 2 aromatic heterocycles. The number of fused-ring (bicyclic) bond motifs is 3. The number of benzene rings is 4. The number of rotatable bonds is 8. The highest BCUT2D eigenvalue weighted by molar-refractivity contribution is 6.74. The summed E-state index contributed by atoms with van der Waals surface area (Å²) in [6.07, 6.45) is -1.09. The molecule has 0 bridgehead atoms. The molecule has 4 N–H and O–H groups in total.